The molecule has 1 amide bonds. The van der Waals surface area contributed by atoms with Gasteiger partial charge in [0.1, 0.15) is 10.7 Å². The monoisotopic (exact) mass is 458 g/mol. The molecule has 0 bridgehead atoms. The highest BCUT2D eigenvalue weighted by Crippen LogP contribution is 2.20. The summed E-state index contributed by atoms with van der Waals surface area (Å²) < 4.78 is 37.6. The van der Waals surface area contributed by atoms with Gasteiger partial charge in [-0.15, -0.1) is 0 Å². The minimum absolute atomic E-state index is 0.0651. The minimum atomic E-state index is -3.82. The van der Waals surface area contributed by atoms with Crippen molar-refractivity contribution in [3.05, 3.63) is 82.1 Å². The van der Waals surface area contributed by atoms with Crippen molar-refractivity contribution in [2.24, 2.45) is 5.10 Å². The molecule has 0 aliphatic rings. The Morgan fingerprint density at radius 2 is 1.81 bits per heavy atom. The molecule has 12 heteroatoms. The maximum absolute atomic E-state index is 12.5. The van der Waals surface area contributed by atoms with E-state index < -0.39 is 26.7 Å². The van der Waals surface area contributed by atoms with Crippen LogP contribution in [0.1, 0.15) is 23.0 Å². The van der Waals surface area contributed by atoms with Gasteiger partial charge in [-0.25, -0.2) is 13.8 Å². The molecule has 0 saturated heterocycles. The summed E-state index contributed by atoms with van der Waals surface area (Å²) in [5, 5.41) is 14.2. The Morgan fingerprint density at radius 1 is 1.12 bits per heavy atom. The number of carbonyl (C=O) groups excluding carboxylic acids is 1. The molecule has 3 aromatic rings. The Hall–Kier alpha value is -4.19. The summed E-state index contributed by atoms with van der Waals surface area (Å²) in [6.07, 6.45) is 1.12. The molecule has 0 spiro atoms. The van der Waals surface area contributed by atoms with Gasteiger partial charge in [-0.2, -0.15) is 5.10 Å². The molecule has 2 aromatic carbocycles. The molecule has 1 heterocycles. The van der Waals surface area contributed by atoms with Crippen molar-refractivity contribution in [2.75, 3.05) is 11.3 Å². The number of benzene rings is 2. The Kier molecular flexibility index (Phi) is 6.85. The van der Waals surface area contributed by atoms with Crippen LogP contribution in [-0.4, -0.2) is 32.1 Å². The molecule has 0 unspecified atom stereocenters. The fourth-order valence-electron chi connectivity index (χ4n) is 2.51. The van der Waals surface area contributed by atoms with E-state index in [0.717, 1.165) is 12.3 Å². The van der Waals surface area contributed by atoms with Crippen LogP contribution in [0, 0.1) is 10.1 Å². The molecular formula is C20H18N4O7S. The first-order valence-electron chi connectivity index (χ1n) is 9.22. The first-order chi connectivity index (χ1) is 15.3. The van der Waals surface area contributed by atoms with Crippen molar-refractivity contribution in [1.82, 2.24) is 5.43 Å². The smallest absolute Gasteiger partial charge is 0.433 e. The second-order valence-corrected chi connectivity index (χ2v) is 7.90. The van der Waals surface area contributed by atoms with Crippen molar-refractivity contribution in [3.8, 4) is 5.75 Å². The van der Waals surface area contributed by atoms with E-state index >= 15 is 0 Å². The number of hydrogen-bond donors (Lipinski definition) is 2. The summed E-state index contributed by atoms with van der Waals surface area (Å²) in [7, 11) is -3.82. The van der Waals surface area contributed by atoms with E-state index in [1.54, 1.807) is 12.1 Å². The minimum Gasteiger partial charge on any atom is -0.494 e. The SMILES string of the molecule is CCOc1ccc(S(=O)(=O)Nc2ccc(C(=O)N/N=C\c3ccc([N+](=O)[O-])o3)cc2)cc1. The number of sulfonamides is 1. The molecule has 0 atom stereocenters. The summed E-state index contributed by atoms with van der Waals surface area (Å²) in [6.45, 7) is 2.30. The van der Waals surface area contributed by atoms with Gasteiger partial charge in [-0.3, -0.25) is 19.6 Å². The van der Waals surface area contributed by atoms with E-state index in [-0.39, 0.29) is 21.9 Å². The first kappa shape index (κ1) is 22.5. The van der Waals surface area contributed by atoms with Gasteiger partial charge in [0.15, 0.2) is 5.76 Å². The highest BCUT2D eigenvalue weighted by molar-refractivity contribution is 7.92. The number of hydrogen-bond acceptors (Lipinski definition) is 8. The highest BCUT2D eigenvalue weighted by atomic mass is 32.2. The average Bonchev–Trinajstić information content (AvgIpc) is 3.24. The van der Waals surface area contributed by atoms with Gasteiger partial charge in [0, 0.05) is 11.3 Å². The van der Waals surface area contributed by atoms with E-state index in [9.17, 15) is 23.3 Å². The van der Waals surface area contributed by atoms with Crippen LogP contribution in [0.25, 0.3) is 0 Å². The molecule has 0 aliphatic carbocycles. The Bertz CT molecular complexity index is 1230. The molecule has 0 radical (unpaired) electrons. The number of anilines is 1. The number of hydrazone groups is 1. The van der Waals surface area contributed by atoms with E-state index in [4.69, 9.17) is 9.15 Å². The zero-order chi connectivity index (χ0) is 23.1. The number of carbonyl (C=O) groups is 1. The molecular weight excluding hydrogens is 440 g/mol. The highest BCUT2D eigenvalue weighted by Gasteiger charge is 2.15. The Morgan fingerprint density at radius 3 is 2.41 bits per heavy atom. The van der Waals surface area contributed by atoms with Crippen molar-refractivity contribution in [2.45, 2.75) is 11.8 Å². The molecule has 0 aliphatic heterocycles. The summed E-state index contributed by atoms with van der Waals surface area (Å²) in [6, 6.07) is 14.2. The van der Waals surface area contributed by atoms with Crippen LogP contribution in [0.15, 0.2) is 75.1 Å². The fourth-order valence-corrected chi connectivity index (χ4v) is 3.57. The average molecular weight is 458 g/mol. The Labute approximate surface area is 182 Å². The van der Waals surface area contributed by atoms with Crippen molar-refractivity contribution >= 4 is 33.7 Å². The number of ether oxygens (including phenoxy) is 1. The lowest BCUT2D eigenvalue weighted by atomic mass is 10.2. The number of nitro groups is 1. The molecule has 32 heavy (non-hydrogen) atoms. The van der Waals surface area contributed by atoms with Gasteiger partial charge in [-0.1, -0.05) is 0 Å². The predicted molar refractivity (Wildman–Crippen MR) is 115 cm³/mol. The van der Waals surface area contributed by atoms with Gasteiger partial charge in [0.2, 0.25) is 0 Å². The third kappa shape index (κ3) is 5.70. The van der Waals surface area contributed by atoms with E-state index in [1.807, 2.05) is 6.92 Å². The zero-order valence-corrected chi connectivity index (χ0v) is 17.5. The van der Waals surface area contributed by atoms with Gasteiger partial charge in [0.25, 0.3) is 15.9 Å². The zero-order valence-electron chi connectivity index (χ0n) is 16.7. The summed E-state index contributed by atoms with van der Waals surface area (Å²) >= 11 is 0. The van der Waals surface area contributed by atoms with Crippen LogP contribution in [-0.2, 0) is 10.0 Å². The Balaban J connectivity index is 1.60. The number of nitrogens with zero attached hydrogens (tertiary/aromatic N) is 2. The fraction of sp³-hybridized carbons (Fsp3) is 0.100. The summed E-state index contributed by atoms with van der Waals surface area (Å²) in [4.78, 5) is 22.1. The first-order valence-corrected chi connectivity index (χ1v) is 10.7. The van der Waals surface area contributed by atoms with E-state index in [1.165, 1.54) is 42.5 Å². The van der Waals surface area contributed by atoms with Gasteiger partial charge >= 0.3 is 5.88 Å². The topological polar surface area (TPSA) is 153 Å². The molecule has 166 valence electrons. The van der Waals surface area contributed by atoms with Gasteiger partial charge in [0.05, 0.1) is 23.8 Å². The van der Waals surface area contributed by atoms with Crippen LogP contribution in [0.2, 0.25) is 0 Å². The maximum Gasteiger partial charge on any atom is 0.433 e. The molecule has 11 nitrogen and oxygen atoms in total. The van der Waals surface area contributed by atoms with Gasteiger partial charge in [-0.05, 0) is 61.5 Å². The van der Waals surface area contributed by atoms with E-state index in [2.05, 4.69) is 15.2 Å². The second kappa shape index (κ2) is 9.75. The summed E-state index contributed by atoms with van der Waals surface area (Å²) in [5.74, 6) is -0.352. The van der Waals surface area contributed by atoms with Gasteiger partial charge < -0.3 is 9.15 Å². The van der Waals surface area contributed by atoms with Crippen molar-refractivity contribution in [3.63, 3.8) is 0 Å². The number of rotatable bonds is 9. The van der Waals surface area contributed by atoms with Crippen LogP contribution in [0.3, 0.4) is 0 Å². The third-order valence-corrected chi connectivity index (χ3v) is 5.39. The quantitative estimate of drug-likeness (QED) is 0.284. The largest absolute Gasteiger partial charge is 0.494 e. The molecule has 1 aromatic heterocycles. The number of amides is 1. The van der Waals surface area contributed by atoms with Crippen molar-refractivity contribution < 1.29 is 27.3 Å². The second-order valence-electron chi connectivity index (χ2n) is 6.22. The van der Waals surface area contributed by atoms with Crippen LogP contribution in [0.4, 0.5) is 11.6 Å². The van der Waals surface area contributed by atoms with Crippen molar-refractivity contribution in [1.29, 1.82) is 0 Å². The maximum atomic E-state index is 12.5. The van der Waals surface area contributed by atoms with Crippen LogP contribution >= 0.6 is 0 Å². The third-order valence-electron chi connectivity index (χ3n) is 3.99. The molecule has 2 N–H and O–H groups in total. The normalized spacial score (nSPS) is 11.3. The molecule has 3 rings (SSSR count). The lowest BCUT2D eigenvalue weighted by molar-refractivity contribution is -0.402. The van der Waals surface area contributed by atoms with Crippen LogP contribution in [0.5, 0.6) is 5.75 Å². The summed E-state index contributed by atoms with van der Waals surface area (Å²) in [5.41, 5.74) is 2.73. The molecule has 0 saturated carbocycles. The number of furan rings is 1. The lowest BCUT2D eigenvalue weighted by Crippen LogP contribution is -2.18. The van der Waals surface area contributed by atoms with E-state index in [0.29, 0.717) is 12.4 Å². The number of nitrogens with one attached hydrogen (secondary N) is 2. The predicted octanol–water partition coefficient (Wildman–Crippen LogP) is 3.15. The molecule has 0 fully saturated rings. The van der Waals surface area contributed by atoms with Crippen LogP contribution < -0.4 is 14.9 Å². The standard InChI is InChI=1S/C20H18N4O7S/c1-2-30-16-7-10-18(11-8-16)32(28,29)23-15-5-3-14(4-6-15)20(25)22-21-13-17-9-12-19(31-17)24(26)27/h3-13,23H,2H2,1H3,(H,22,25)/b21-13-. The lowest BCUT2D eigenvalue weighted by Gasteiger charge is -2.09.